The molecule has 3 nitrogen and oxygen atoms in total. The van der Waals surface area contributed by atoms with Crippen molar-refractivity contribution in [1.29, 1.82) is 0 Å². The van der Waals surface area contributed by atoms with E-state index in [1.807, 2.05) is 0 Å². The van der Waals surface area contributed by atoms with E-state index in [0.717, 1.165) is 32.7 Å². The van der Waals surface area contributed by atoms with Crippen molar-refractivity contribution >= 4 is 0 Å². The van der Waals surface area contributed by atoms with Gasteiger partial charge in [-0.1, -0.05) is 0 Å². The van der Waals surface area contributed by atoms with Crippen molar-refractivity contribution in [1.82, 2.24) is 0 Å². The Bertz CT molecular complexity index is 189. The van der Waals surface area contributed by atoms with Crippen LogP contribution >= 0.6 is 0 Å². The number of methoxy groups -OCH3 is 1. The predicted octanol–water partition coefficient (Wildman–Crippen LogP) is 1.61. The Morgan fingerprint density at radius 1 is 1.36 bits per heavy atom. The molecule has 0 N–H and O–H groups in total. The van der Waals surface area contributed by atoms with Gasteiger partial charge in [-0.25, -0.2) is 0 Å². The maximum atomic E-state index is 5.80. The van der Waals surface area contributed by atoms with E-state index in [9.17, 15) is 0 Å². The van der Waals surface area contributed by atoms with E-state index in [0.29, 0.717) is 6.10 Å². The van der Waals surface area contributed by atoms with Gasteiger partial charge in [-0.2, -0.15) is 0 Å². The Hall–Kier alpha value is -0.120. The Morgan fingerprint density at radius 3 is 2.71 bits per heavy atom. The van der Waals surface area contributed by atoms with Crippen LogP contribution in [0.4, 0.5) is 0 Å². The highest BCUT2D eigenvalue weighted by Crippen LogP contribution is 2.43. The molecule has 0 aromatic heterocycles. The average Bonchev–Trinajstić information content (AvgIpc) is 2.77. The third-order valence-corrected chi connectivity index (χ3v) is 3.73. The van der Waals surface area contributed by atoms with Crippen LogP contribution in [0.15, 0.2) is 0 Å². The fraction of sp³-hybridized carbons (Fsp3) is 1.00. The summed E-state index contributed by atoms with van der Waals surface area (Å²) in [5.74, 6) is 0. The topological polar surface area (TPSA) is 27.7 Å². The van der Waals surface area contributed by atoms with E-state index in [4.69, 9.17) is 14.2 Å². The van der Waals surface area contributed by atoms with Gasteiger partial charge in [-0.05, 0) is 26.2 Å². The smallest absolute Gasteiger partial charge is 0.0679 e. The molecule has 0 bridgehead atoms. The summed E-state index contributed by atoms with van der Waals surface area (Å²) in [4.78, 5) is 0. The summed E-state index contributed by atoms with van der Waals surface area (Å²) in [6.07, 6.45) is 4.04. The minimum absolute atomic E-state index is 0.116. The van der Waals surface area contributed by atoms with Crippen molar-refractivity contribution in [3.05, 3.63) is 0 Å². The fourth-order valence-corrected chi connectivity index (χ4v) is 2.80. The molecule has 0 spiro atoms. The van der Waals surface area contributed by atoms with E-state index in [-0.39, 0.29) is 11.5 Å². The molecule has 0 amide bonds. The highest BCUT2D eigenvalue weighted by atomic mass is 16.5. The van der Waals surface area contributed by atoms with Gasteiger partial charge in [0.25, 0.3) is 0 Å². The summed E-state index contributed by atoms with van der Waals surface area (Å²) in [5.41, 5.74) is 0.116. The Kier molecular flexibility index (Phi) is 3.10. The number of hydrogen-bond acceptors (Lipinski definition) is 3. The number of ether oxygens (including phenoxy) is 3. The van der Waals surface area contributed by atoms with Crippen molar-refractivity contribution in [3.63, 3.8) is 0 Å². The van der Waals surface area contributed by atoms with Gasteiger partial charge in [-0.3, -0.25) is 0 Å². The molecule has 3 atom stereocenters. The van der Waals surface area contributed by atoms with Crippen LogP contribution in [0.2, 0.25) is 0 Å². The van der Waals surface area contributed by atoms with Crippen LogP contribution in [-0.4, -0.2) is 39.1 Å². The van der Waals surface area contributed by atoms with Crippen molar-refractivity contribution in [3.8, 4) is 0 Å². The summed E-state index contributed by atoms with van der Waals surface area (Å²) >= 11 is 0. The van der Waals surface area contributed by atoms with Crippen LogP contribution in [0.5, 0.6) is 0 Å². The van der Waals surface area contributed by atoms with Gasteiger partial charge < -0.3 is 14.2 Å². The maximum absolute atomic E-state index is 5.80. The molecule has 3 heteroatoms. The zero-order chi connectivity index (χ0) is 10.0. The lowest BCUT2D eigenvalue weighted by Crippen LogP contribution is -2.44. The van der Waals surface area contributed by atoms with Gasteiger partial charge in [0.1, 0.15) is 0 Å². The third kappa shape index (κ3) is 1.58. The molecule has 0 aromatic rings. The van der Waals surface area contributed by atoms with E-state index in [1.54, 1.807) is 7.11 Å². The van der Waals surface area contributed by atoms with E-state index >= 15 is 0 Å². The van der Waals surface area contributed by atoms with Gasteiger partial charge in [0.15, 0.2) is 0 Å². The predicted molar refractivity (Wildman–Crippen MR) is 53.3 cm³/mol. The lowest BCUT2D eigenvalue weighted by atomic mass is 9.76. The largest absolute Gasteiger partial charge is 0.384 e. The molecule has 0 radical (unpaired) electrons. The molecule has 0 saturated carbocycles. The molecule has 2 fully saturated rings. The molecule has 14 heavy (non-hydrogen) atoms. The van der Waals surface area contributed by atoms with Crippen molar-refractivity contribution in [2.45, 2.75) is 38.4 Å². The monoisotopic (exact) mass is 200 g/mol. The van der Waals surface area contributed by atoms with Crippen molar-refractivity contribution in [2.24, 2.45) is 5.41 Å². The summed E-state index contributed by atoms with van der Waals surface area (Å²) in [6.45, 7) is 4.67. The second-order valence-corrected chi connectivity index (χ2v) is 4.43. The van der Waals surface area contributed by atoms with Crippen LogP contribution in [0.3, 0.4) is 0 Å². The van der Waals surface area contributed by atoms with Gasteiger partial charge in [0.2, 0.25) is 0 Å². The van der Waals surface area contributed by atoms with Gasteiger partial charge in [0, 0.05) is 25.7 Å². The van der Waals surface area contributed by atoms with E-state index in [2.05, 4.69) is 6.92 Å². The minimum atomic E-state index is 0.116. The van der Waals surface area contributed by atoms with E-state index in [1.165, 1.54) is 6.42 Å². The van der Waals surface area contributed by atoms with Gasteiger partial charge in [-0.15, -0.1) is 0 Å². The summed E-state index contributed by atoms with van der Waals surface area (Å²) in [6, 6.07) is 0. The lowest BCUT2D eigenvalue weighted by Gasteiger charge is -2.36. The molecule has 82 valence electrons. The molecule has 0 aliphatic carbocycles. The molecule has 2 aliphatic heterocycles. The molecule has 2 aliphatic rings. The van der Waals surface area contributed by atoms with Gasteiger partial charge >= 0.3 is 0 Å². The standard InChI is InChI=1S/C11H20O3/c1-9-11(8-12-2,5-7-13-9)10-4-3-6-14-10/h9-10H,3-8H2,1-2H3. The SMILES string of the molecule is COCC1(C2CCCO2)CCOC1C. The molecule has 3 unspecified atom stereocenters. The first-order valence-corrected chi connectivity index (χ1v) is 5.52. The Balaban J connectivity index is 2.11. The number of hydrogen-bond donors (Lipinski definition) is 0. The lowest BCUT2D eigenvalue weighted by molar-refractivity contribution is -0.0788. The molecule has 2 rings (SSSR count). The first-order valence-electron chi connectivity index (χ1n) is 5.52. The highest BCUT2D eigenvalue weighted by molar-refractivity contribution is 4.97. The Labute approximate surface area is 85.7 Å². The van der Waals surface area contributed by atoms with E-state index < -0.39 is 0 Å². The molecule has 2 saturated heterocycles. The second-order valence-electron chi connectivity index (χ2n) is 4.43. The second kappa shape index (κ2) is 4.17. The maximum Gasteiger partial charge on any atom is 0.0679 e. The average molecular weight is 200 g/mol. The van der Waals surface area contributed by atoms with Crippen molar-refractivity contribution in [2.75, 3.05) is 26.9 Å². The fourth-order valence-electron chi connectivity index (χ4n) is 2.80. The molecule has 0 aromatic carbocycles. The molecular formula is C11H20O3. The molecular weight excluding hydrogens is 180 g/mol. The van der Waals surface area contributed by atoms with Crippen LogP contribution in [0.1, 0.15) is 26.2 Å². The summed E-state index contributed by atoms with van der Waals surface area (Å²) in [7, 11) is 1.77. The highest BCUT2D eigenvalue weighted by Gasteiger charge is 2.49. The van der Waals surface area contributed by atoms with Gasteiger partial charge in [0.05, 0.1) is 18.8 Å². The first-order chi connectivity index (χ1) is 6.79. The van der Waals surface area contributed by atoms with Crippen LogP contribution < -0.4 is 0 Å². The van der Waals surface area contributed by atoms with Crippen LogP contribution in [0, 0.1) is 5.41 Å². The Morgan fingerprint density at radius 2 is 2.21 bits per heavy atom. The van der Waals surface area contributed by atoms with Crippen molar-refractivity contribution < 1.29 is 14.2 Å². The van der Waals surface area contributed by atoms with Crippen LogP contribution in [-0.2, 0) is 14.2 Å². The third-order valence-electron chi connectivity index (χ3n) is 3.73. The zero-order valence-electron chi connectivity index (χ0n) is 9.12. The number of rotatable bonds is 3. The normalized spacial score (nSPS) is 43.3. The zero-order valence-corrected chi connectivity index (χ0v) is 9.12. The summed E-state index contributed by atoms with van der Waals surface area (Å²) in [5, 5.41) is 0. The first kappa shape index (κ1) is 10.4. The summed E-state index contributed by atoms with van der Waals surface area (Å²) < 4.78 is 16.8. The van der Waals surface area contributed by atoms with Crippen LogP contribution in [0.25, 0.3) is 0 Å². The quantitative estimate of drug-likeness (QED) is 0.692. The molecule has 2 heterocycles. The minimum Gasteiger partial charge on any atom is -0.384 e.